The first-order valence-corrected chi connectivity index (χ1v) is 8.34. The van der Waals surface area contributed by atoms with E-state index in [9.17, 15) is 9.59 Å². The Hall–Kier alpha value is -3.02. The number of benzene rings is 2. The lowest BCUT2D eigenvalue weighted by Crippen LogP contribution is -2.39. The Labute approximate surface area is 145 Å². The number of carbonyl (C=O) groups excluding carboxylic acids is 2. The smallest absolute Gasteiger partial charge is 0.322 e. The third kappa shape index (κ3) is 3.03. The van der Waals surface area contributed by atoms with Crippen LogP contribution in [-0.4, -0.2) is 29.5 Å². The van der Waals surface area contributed by atoms with Gasteiger partial charge in [0.2, 0.25) is 0 Å². The predicted molar refractivity (Wildman–Crippen MR) is 94.7 cm³/mol. The molecule has 1 unspecified atom stereocenters. The van der Waals surface area contributed by atoms with Gasteiger partial charge in [0.15, 0.2) is 6.10 Å². The van der Waals surface area contributed by atoms with Crippen LogP contribution in [-0.2, 0) is 17.8 Å². The Bertz CT molecular complexity index is 850. The summed E-state index contributed by atoms with van der Waals surface area (Å²) in [6, 6.07) is 13.3. The van der Waals surface area contributed by atoms with Gasteiger partial charge in [0.05, 0.1) is 5.69 Å². The molecule has 0 spiro atoms. The van der Waals surface area contributed by atoms with Gasteiger partial charge in [0.1, 0.15) is 5.75 Å². The molecule has 2 aliphatic rings. The lowest BCUT2D eigenvalue weighted by molar-refractivity contribution is -0.122. The highest BCUT2D eigenvalue weighted by Gasteiger charge is 2.24. The van der Waals surface area contributed by atoms with Crippen molar-refractivity contribution in [2.75, 3.05) is 17.2 Å². The van der Waals surface area contributed by atoms with Crippen molar-refractivity contribution in [3.05, 3.63) is 53.6 Å². The molecule has 0 fully saturated rings. The van der Waals surface area contributed by atoms with Crippen molar-refractivity contribution in [2.24, 2.45) is 0 Å². The van der Waals surface area contributed by atoms with Crippen LogP contribution in [0.4, 0.5) is 16.2 Å². The van der Waals surface area contributed by atoms with E-state index in [1.165, 1.54) is 11.1 Å². The maximum Gasteiger partial charge on any atom is 0.322 e. The first kappa shape index (κ1) is 15.5. The van der Waals surface area contributed by atoms with Crippen molar-refractivity contribution in [1.82, 2.24) is 4.90 Å². The molecule has 128 valence electrons. The van der Waals surface area contributed by atoms with E-state index in [1.807, 2.05) is 12.1 Å². The van der Waals surface area contributed by atoms with Crippen LogP contribution in [0, 0.1) is 0 Å². The zero-order valence-electron chi connectivity index (χ0n) is 13.9. The van der Waals surface area contributed by atoms with E-state index in [0.717, 1.165) is 6.42 Å². The second-order valence-electron chi connectivity index (χ2n) is 6.33. The molecule has 6 heteroatoms. The topological polar surface area (TPSA) is 70.7 Å². The number of rotatable bonds is 1. The molecule has 0 saturated heterocycles. The summed E-state index contributed by atoms with van der Waals surface area (Å²) in [4.78, 5) is 26.1. The van der Waals surface area contributed by atoms with Crippen LogP contribution in [0.25, 0.3) is 0 Å². The zero-order chi connectivity index (χ0) is 17.4. The molecule has 0 bridgehead atoms. The van der Waals surface area contributed by atoms with Crippen LogP contribution in [0.15, 0.2) is 42.5 Å². The monoisotopic (exact) mass is 337 g/mol. The Morgan fingerprint density at radius 2 is 2.04 bits per heavy atom. The van der Waals surface area contributed by atoms with E-state index < -0.39 is 6.10 Å². The Kier molecular flexibility index (Phi) is 3.80. The maximum atomic E-state index is 12.6. The SMILES string of the molecule is CC1Oc2ccc(NC(=O)N3CCc4ccccc4C3)cc2NC1=O. The van der Waals surface area contributed by atoms with Gasteiger partial charge in [-0.05, 0) is 42.7 Å². The van der Waals surface area contributed by atoms with Crippen LogP contribution in [0.3, 0.4) is 0 Å². The van der Waals surface area contributed by atoms with E-state index in [4.69, 9.17) is 4.74 Å². The number of nitrogens with one attached hydrogen (secondary N) is 2. The molecule has 0 radical (unpaired) electrons. The van der Waals surface area contributed by atoms with Crippen LogP contribution in [0.5, 0.6) is 5.75 Å². The molecule has 25 heavy (non-hydrogen) atoms. The summed E-state index contributed by atoms with van der Waals surface area (Å²) in [6.45, 7) is 2.98. The van der Waals surface area contributed by atoms with Crippen LogP contribution >= 0.6 is 0 Å². The largest absolute Gasteiger partial charge is 0.479 e. The Balaban J connectivity index is 1.47. The molecule has 0 aliphatic carbocycles. The third-order valence-corrected chi connectivity index (χ3v) is 4.58. The van der Waals surface area contributed by atoms with Gasteiger partial charge < -0.3 is 20.3 Å². The van der Waals surface area contributed by atoms with Gasteiger partial charge in [-0.2, -0.15) is 0 Å². The summed E-state index contributed by atoms with van der Waals surface area (Å²) >= 11 is 0. The first-order valence-electron chi connectivity index (χ1n) is 8.34. The molecule has 2 aromatic rings. The minimum Gasteiger partial charge on any atom is -0.479 e. The van der Waals surface area contributed by atoms with Crippen molar-refractivity contribution in [3.63, 3.8) is 0 Å². The maximum absolute atomic E-state index is 12.6. The molecule has 2 heterocycles. The van der Waals surface area contributed by atoms with Gasteiger partial charge in [-0.3, -0.25) is 4.79 Å². The minimum atomic E-state index is -0.513. The molecule has 0 aromatic heterocycles. The Morgan fingerprint density at radius 3 is 2.88 bits per heavy atom. The average Bonchev–Trinajstić information content (AvgIpc) is 2.62. The fourth-order valence-corrected chi connectivity index (χ4v) is 3.16. The molecule has 3 amide bonds. The zero-order valence-corrected chi connectivity index (χ0v) is 13.9. The highest BCUT2D eigenvalue weighted by atomic mass is 16.5. The molecule has 0 saturated carbocycles. The molecule has 2 N–H and O–H groups in total. The van der Waals surface area contributed by atoms with Gasteiger partial charge in [0.25, 0.3) is 5.91 Å². The van der Waals surface area contributed by atoms with Gasteiger partial charge in [-0.15, -0.1) is 0 Å². The number of anilines is 2. The summed E-state index contributed by atoms with van der Waals surface area (Å²) in [5.74, 6) is 0.417. The molecule has 2 aromatic carbocycles. The van der Waals surface area contributed by atoms with E-state index >= 15 is 0 Å². The lowest BCUT2D eigenvalue weighted by Gasteiger charge is -2.29. The summed E-state index contributed by atoms with van der Waals surface area (Å²) in [5.41, 5.74) is 3.68. The fraction of sp³-hybridized carbons (Fsp3) is 0.263. The molecular formula is C19H19N3O3. The highest BCUT2D eigenvalue weighted by Crippen LogP contribution is 2.32. The predicted octanol–water partition coefficient (Wildman–Crippen LogP) is 3.00. The number of carbonyl (C=O) groups is 2. The van der Waals surface area contributed by atoms with Crippen molar-refractivity contribution in [2.45, 2.75) is 26.0 Å². The summed E-state index contributed by atoms with van der Waals surface area (Å²) < 4.78 is 5.52. The van der Waals surface area contributed by atoms with Crippen molar-refractivity contribution in [1.29, 1.82) is 0 Å². The van der Waals surface area contributed by atoms with Crippen LogP contribution < -0.4 is 15.4 Å². The normalized spacial score (nSPS) is 18.5. The van der Waals surface area contributed by atoms with Crippen LogP contribution in [0.1, 0.15) is 18.1 Å². The second kappa shape index (κ2) is 6.12. The number of ether oxygens (including phenoxy) is 1. The Morgan fingerprint density at radius 1 is 1.24 bits per heavy atom. The van der Waals surface area contributed by atoms with E-state index in [-0.39, 0.29) is 11.9 Å². The van der Waals surface area contributed by atoms with Crippen molar-refractivity contribution >= 4 is 23.3 Å². The third-order valence-electron chi connectivity index (χ3n) is 4.58. The summed E-state index contributed by atoms with van der Waals surface area (Å²) in [6.07, 6.45) is 0.344. The number of hydrogen-bond donors (Lipinski definition) is 2. The molecule has 2 aliphatic heterocycles. The minimum absolute atomic E-state index is 0.147. The van der Waals surface area contributed by atoms with Crippen molar-refractivity contribution < 1.29 is 14.3 Å². The fourth-order valence-electron chi connectivity index (χ4n) is 3.16. The average molecular weight is 337 g/mol. The van der Waals surface area contributed by atoms with Gasteiger partial charge in [-0.25, -0.2) is 4.79 Å². The molecule has 6 nitrogen and oxygen atoms in total. The first-order chi connectivity index (χ1) is 12.1. The van der Waals surface area contributed by atoms with E-state index in [0.29, 0.717) is 30.2 Å². The number of hydrogen-bond acceptors (Lipinski definition) is 3. The molecule has 4 rings (SSSR count). The van der Waals surface area contributed by atoms with Crippen molar-refractivity contribution in [3.8, 4) is 5.75 Å². The van der Waals surface area contributed by atoms with Gasteiger partial charge >= 0.3 is 6.03 Å². The van der Waals surface area contributed by atoms with E-state index in [2.05, 4.69) is 22.8 Å². The quantitative estimate of drug-likeness (QED) is 0.840. The number of fused-ring (bicyclic) bond motifs is 2. The van der Waals surface area contributed by atoms with Crippen LogP contribution in [0.2, 0.25) is 0 Å². The van der Waals surface area contributed by atoms with Gasteiger partial charge in [0, 0.05) is 18.8 Å². The molecular weight excluding hydrogens is 318 g/mol. The molecule has 1 atom stereocenters. The summed E-state index contributed by atoms with van der Waals surface area (Å²) in [5, 5.41) is 5.69. The second-order valence-corrected chi connectivity index (χ2v) is 6.33. The number of urea groups is 1. The number of amides is 3. The summed E-state index contributed by atoms with van der Waals surface area (Å²) in [7, 11) is 0. The lowest BCUT2D eigenvalue weighted by atomic mass is 10.0. The number of nitrogens with zero attached hydrogens (tertiary/aromatic N) is 1. The standard InChI is InChI=1S/C19H19N3O3/c1-12-18(23)21-16-10-15(6-7-17(16)25-12)20-19(24)22-9-8-13-4-2-3-5-14(13)11-22/h2-7,10,12H,8-9,11H2,1H3,(H,20,24)(H,21,23). The highest BCUT2D eigenvalue weighted by molar-refractivity contribution is 5.99. The van der Waals surface area contributed by atoms with Gasteiger partial charge in [-0.1, -0.05) is 24.3 Å². The van der Waals surface area contributed by atoms with E-state index in [1.54, 1.807) is 30.0 Å².